The van der Waals surface area contributed by atoms with Crippen LogP contribution in [-0.4, -0.2) is 65.7 Å². The molecule has 10 nitrogen and oxygen atoms in total. The summed E-state index contributed by atoms with van der Waals surface area (Å²) in [5, 5.41) is 18.3. The first-order valence-corrected chi connectivity index (χ1v) is 20.3. The number of unbranched alkanes of at least 4 members (excludes halogenated alkanes) is 2. The third kappa shape index (κ3) is 36.8. The van der Waals surface area contributed by atoms with Gasteiger partial charge in [-0.15, -0.1) is 0 Å². The molecule has 0 radical (unpaired) electrons. The molecule has 11 heteroatoms. The van der Waals surface area contributed by atoms with Crippen LogP contribution < -0.4 is 0 Å². The fraction of sp³-hybridized carbons (Fsp3) is 0.524. The Balaban J connectivity index is 4.62. The van der Waals surface area contributed by atoms with E-state index in [0.29, 0.717) is 12.8 Å². The van der Waals surface area contributed by atoms with E-state index in [1.165, 1.54) is 0 Å². The number of phosphoric acid groups is 1. The van der Waals surface area contributed by atoms with Crippen LogP contribution >= 0.6 is 7.82 Å². The molecule has 0 bridgehead atoms. The van der Waals surface area contributed by atoms with E-state index in [9.17, 15) is 24.2 Å². The third-order valence-corrected chi connectivity index (χ3v) is 7.91. The maximum atomic E-state index is 12.5. The maximum absolute atomic E-state index is 12.5. The van der Waals surface area contributed by atoms with Gasteiger partial charge in [0.25, 0.3) is 0 Å². The molecule has 0 aromatic rings. The summed E-state index contributed by atoms with van der Waals surface area (Å²) < 4.78 is 32.4. The minimum Gasteiger partial charge on any atom is -0.462 e. The van der Waals surface area contributed by atoms with Gasteiger partial charge in [0, 0.05) is 6.42 Å². The summed E-state index contributed by atoms with van der Waals surface area (Å²) in [4.78, 5) is 34.8. The molecule has 0 amide bonds. The van der Waals surface area contributed by atoms with Crippen molar-refractivity contribution in [2.45, 2.75) is 116 Å². The quantitative estimate of drug-likeness (QED) is 0.0256. The highest BCUT2D eigenvalue weighted by atomic mass is 31.2. The predicted octanol–water partition coefficient (Wildman–Crippen LogP) is 9.44. The highest BCUT2D eigenvalue weighted by Gasteiger charge is 2.27. The molecule has 3 N–H and O–H groups in total. The minimum absolute atomic E-state index is 0.0642. The molecule has 0 aromatic heterocycles. The van der Waals surface area contributed by atoms with Crippen molar-refractivity contribution in [3.8, 4) is 0 Å². The summed E-state index contributed by atoms with van der Waals surface area (Å²) >= 11 is 0. The zero-order valence-corrected chi connectivity index (χ0v) is 32.8. The first-order chi connectivity index (χ1) is 25.7. The monoisotopic (exact) mass is 760 g/mol. The maximum Gasteiger partial charge on any atom is 0.472 e. The zero-order chi connectivity index (χ0) is 39.1. The number of ether oxygens (including phenoxy) is 2. The van der Waals surface area contributed by atoms with Crippen LogP contribution in [0.3, 0.4) is 0 Å². The van der Waals surface area contributed by atoms with Crippen LogP contribution in [0, 0.1) is 0 Å². The fourth-order valence-electron chi connectivity index (χ4n) is 4.12. The largest absolute Gasteiger partial charge is 0.472 e. The van der Waals surface area contributed by atoms with Gasteiger partial charge in [-0.1, -0.05) is 123 Å². The van der Waals surface area contributed by atoms with Gasteiger partial charge in [-0.3, -0.25) is 18.6 Å². The second-order valence-electron chi connectivity index (χ2n) is 11.9. The standard InChI is InChI=1S/C42H65O10P/c1-3-5-7-9-11-13-15-17-19-21-23-25-27-29-31-33-41(45)49-37-40(38-51-53(47,48)50-36-39(44)35-43)52-42(46)34-32-30-28-26-24-22-20-18-16-14-12-10-8-6-4-2/h5-8,11-14,17-20,23-26,30,32,39-40,43-44H,3-4,9-10,15-16,21-22,27-29,31,33-38H2,1-2H3,(H,47,48)/b7-5-,8-6-,13-11-,14-12-,19-17-,20-18-,25-23-,26-24-,32-30-. The Bertz CT molecular complexity index is 1240. The molecule has 3 unspecified atom stereocenters. The number of rotatable bonds is 33. The SMILES string of the molecule is CC/C=C\C/C=C\C/C=C\C/C=C\C/C=C\CC(=O)OC(COC(=O)CCCC/C=C\C/C=C\C/C=C\C/C=C\CC)COP(=O)(O)OCC(O)CO. The highest BCUT2D eigenvalue weighted by molar-refractivity contribution is 7.47. The van der Waals surface area contributed by atoms with Crippen molar-refractivity contribution in [1.82, 2.24) is 0 Å². The molecule has 0 aliphatic heterocycles. The topological polar surface area (TPSA) is 149 Å². The summed E-state index contributed by atoms with van der Waals surface area (Å²) in [6, 6.07) is 0. The Kier molecular flexibility index (Phi) is 34.6. The number of hydrogen-bond acceptors (Lipinski definition) is 9. The Morgan fingerprint density at radius 2 is 1.02 bits per heavy atom. The summed E-state index contributed by atoms with van der Waals surface area (Å²) in [5.74, 6) is -1.14. The fourth-order valence-corrected chi connectivity index (χ4v) is 4.90. The van der Waals surface area contributed by atoms with E-state index >= 15 is 0 Å². The summed E-state index contributed by atoms with van der Waals surface area (Å²) in [6.45, 7) is 1.94. The van der Waals surface area contributed by atoms with Crippen molar-refractivity contribution < 1.29 is 47.8 Å². The first-order valence-electron chi connectivity index (χ1n) is 18.8. The van der Waals surface area contributed by atoms with Crippen LogP contribution in [0.1, 0.15) is 104 Å². The van der Waals surface area contributed by atoms with E-state index in [4.69, 9.17) is 19.1 Å². The molecule has 0 saturated carbocycles. The molecule has 0 aliphatic rings. The number of esters is 2. The number of phosphoric ester groups is 1. The Hall–Kier alpha value is -3.37. The van der Waals surface area contributed by atoms with Crippen LogP contribution in [0.25, 0.3) is 0 Å². The van der Waals surface area contributed by atoms with Crippen LogP contribution in [0.2, 0.25) is 0 Å². The normalized spacial score (nSPS) is 15.2. The molecule has 0 spiro atoms. The number of carbonyl (C=O) groups excluding carboxylic acids is 2. The van der Waals surface area contributed by atoms with Gasteiger partial charge < -0.3 is 24.6 Å². The van der Waals surface area contributed by atoms with Gasteiger partial charge in [-0.25, -0.2) is 4.57 Å². The van der Waals surface area contributed by atoms with Crippen LogP contribution in [-0.2, 0) is 32.7 Å². The van der Waals surface area contributed by atoms with Crippen molar-refractivity contribution >= 4 is 19.8 Å². The van der Waals surface area contributed by atoms with Gasteiger partial charge in [0.05, 0.1) is 26.2 Å². The van der Waals surface area contributed by atoms with Crippen molar-refractivity contribution in [1.29, 1.82) is 0 Å². The lowest BCUT2D eigenvalue weighted by Crippen LogP contribution is -2.29. The summed E-state index contributed by atoms with van der Waals surface area (Å²) in [5.41, 5.74) is 0. The Morgan fingerprint density at radius 3 is 1.49 bits per heavy atom. The van der Waals surface area contributed by atoms with Gasteiger partial charge in [0.2, 0.25) is 0 Å². The molecule has 0 aromatic carbocycles. The average Bonchev–Trinajstić information content (AvgIpc) is 3.14. The molecular formula is C42H65O10P. The van der Waals surface area contributed by atoms with Gasteiger partial charge in [-0.2, -0.15) is 0 Å². The Labute approximate surface area is 318 Å². The molecule has 0 aliphatic carbocycles. The van der Waals surface area contributed by atoms with E-state index in [-0.39, 0.29) is 19.4 Å². The highest BCUT2D eigenvalue weighted by Crippen LogP contribution is 2.43. The second kappa shape index (κ2) is 37.0. The first kappa shape index (κ1) is 49.6. The molecule has 0 heterocycles. The van der Waals surface area contributed by atoms with Crippen molar-refractivity contribution in [3.63, 3.8) is 0 Å². The number of allylic oxidation sites excluding steroid dienone is 17. The van der Waals surface area contributed by atoms with Crippen molar-refractivity contribution in [3.05, 3.63) is 109 Å². The van der Waals surface area contributed by atoms with Crippen molar-refractivity contribution in [2.24, 2.45) is 0 Å². The minimum atomic E-state index is -4.65. The number of aliphatic hydroxyl groups is 2. The van der Waals surface area contributed by atoms with Crippen LogP contribution in [0.5, 0.6) is 0 Å². The summed E-state index contributed by atoms with van der Waals surface area (Å²) in [7, 11) is -4.65. The predicted molar refractivity (Wildman–Crippen MR) is 214 cm³/mol. The van der Waals surface area contributed by atoms with E-state index in [2.05, 4.69) is 103 Å². The van der Waals surface area contributed by atoms with Gasteiger partial charge in [0.15, 0.2) is 6.10 Å². The second-order valence-corrected chi connectivity index (χ2v) is 13.3. The molecular weight excluding hydrogens is 695 g/mol. The van der Waals surface area contributed by atoms with Crippen LogP contribution in [0.15, 0.2) is 109 Å². The number of carbonyl (C=O) groups is 2. The molecule has 53 heavy (non-hydrogen) atoms. The molecule has 0 fully saturated rings. The van der Waals surface area contributed by atoms with Crippen molar-refractivity contribution in [2.75, 3.05) is 26.4 Å². The van der Waals surface area contributed by atoms with E-state index in [1.54, 1.807) is 6.08 Å². The van der Waals surface area contributed by atoms with Gasteiger partial charge >= 0.3 is 19.8 Å². The molecule has 0 saturated heterocycles. The lowest BCUT2D eigenvalue weighted by molar-refractivity contribution is -0.160. The number of hydrogen-bond donors (Lipinski definition) is 3. The zero-order valence-electron chi connectivity index (χ0n) is 31.9. The molecule has 298 valence electrons. The van der Waals surface area contributed by atoms with Crippen LogP contribution in [0.4, 0.5) is 0 Å². The van der Waals surface area contributed by atoms with E-state index in [1.807, 2.05) is 18.2 Å². The van der Waals surface area contributed by atoms with E-state index in [0.717, 1.165) is 64.2 Å². The molecule has 3 atom stereocenters. The lowest BCUT2D eigenvalue weighted by Gasteiger charge is -2.20. The summed E-state index contributed by atoms with van der Waals surface area (Å²) in [6.07, 6.45) is 45.2. The molecule has 0 rings (SSSR count). The number of aliphatic hydroxyl groups excluding tert-OH is 2. The lowest BCUT2D eigenvalue weighted by atomic mass is 10.2. The average molecular weight is 761 g/mol. The third-order valence-electron chi connectivity index (χ3n) is 6.96. The van der Waals surface area contributed by atoms with E-state index < -0.39 is 51.8 Å². The Morgan fingerprint density at radius 1 is 0.585 bits per heavy atom. The van der Waals surface area contributed by atoms with Gasteiger partial charge in [0.1, 0.15) is 12.7 Å². The van der Waals surface area contributed by atoms with Gasteiger partial charge in [-0.05, 0) is 77.0 Å². The smallest absolute Gasteiger partial charge is 0.462 e.